The molecule has 1 unspecified atom stereocenters. The Morgan fingerprint density at radius 3 is 2.63 bits per heavy atom. The molecule has 0 aromatic carbocycles. The summed E-state index contributed by atoms with van der Waals surface area (Å²) in [5, 5.41) is 6.65. The maximum atomic E-state index is 5.10. The van der Waals surface area contributed by atoms with E-state index < -0.39 is 0 Å². The molecule has 1 atom stereocenters. The zero-order valence-corrected chi connectivity index (χ0v) is 14.9. The van der Waals surface area contributed by atoms with Crippen LogP contribution >= 0.6 is 24.0 Å². The highest BCUT2D eigenvalue weighted by atomic mass is 127. The molecule has 1 aliphatic rings. The smallest absolute Gasteiger partial charge is 0.191 e. The fourth-order valence-electron chi connectivity index (χ4n) is 2.08. The van der Waals surface area contributed by atoms with Gasteiger partial charge in [-0.2, -0.15) is 0 Å². The zero-order valence-electron chi connectivity index (χ0n) is 12.6. The number of methoxy groups -OCH3 is 1. The van der Waals surface area contributed by atoms with Crippen LogP contribution in [0.1, 0.15) is 26.7 Å². The molecule has 0 aromatic rings. The first-order chi connectivity index (χ1) is 8.71. The summed E-state index contributed by atoms with van der Waals surface area (Å²) in [5.41, 5.74) is 0. The number of guanidine groups is 1. The first-order valence-electron chi connectivity index (χ1n) is 6.91. The first-order valence-corrected chi connectivity index (χ1v) is 6.91. The Morgan fingerprint density at radius 1 is 1.47 bits per heavy atom. The second kappa shape index (κ2) is 10.7. The van der Waals surface area contributed by atoms with Gasteiger partial charge in [-0.15, -0.1) is 24.0 Å². The molecule has 5 nitrogen and oxygen atoms in total. The molecule has 0 heterocycles. The van der Waals surface area contributed by atoms with Crippen molar-refractivity contribution >= 4 is 29.9 Å². The summed E-state index contributed by atoms with van der Waals surface area (Å²) in [6, 6.07) is 1.10. The second-order valence-electron chi connectivity index (χ2n) is 4.86. The fraction of sp³-hybridized carbons (Fsp3) is 0.923. The summed E-state index contributed by atoms with van der Waals surface area (Å²) < 4.78 is 5.10. The SMILES string of the molecule is CCN(CCNC(=NC)NC(C)COC)C1CC1.I. The van der Waals surface area contributed by atoms with E-state index in [9.17, 15) is 0 Å². The van der Waals surface area contributed by atoms with Crippen molar-refractivity contribution in [1.82, 2.24) is 15.5 Å². The van der Waals surface area contributed by atoms with Crippen molar-refractivity contribution in [1.29, 1.82) is 0 Å². The number of hydrogen-bond donors (Lipinski definition) is 2. The van der Waals surface area contributed by atoms with Gasteiger partial charge in [0, 0.05) is 39.3 Å². The predicted molar refractivity (Wildman–Crippen MR) is 91.5 cm³/mol. The Labute approximate surface area is 134 Å². The van der Waals surface area contributed by atoms with Crippen molar-refractivity contribution in [3.05, 3.63) is 0 Å². The summed E-state index contributed by atoms with van der Waals surface area (Å²) in [5.74, 6) is 0.853. The number of aliphatic imine (C=N–C) groups is 1. The molecule has 2 N–H and O–H groups in total. The minimum atomic E-state index is 0. The summed E-state index contributed by atoms with van der Waals surface area (Å²) in [7, 11) is 3.51. The number of nitrogens with one attached hydrogen (secondary N) is 2. The van der Waals surface area contributed by atoms with E-state index in [1.165, 1.54) is 12.8 Å². The Kier molecular flexibility index (Phi) is 10.6. The average Bonchev–Trinajstić information content (AvgIpc) is 3.17. The molecule has 6 heteroatoms. The van der Waals surface area contributed by atoms with Gasteiger partial charge in [-0.05, 0) is 26.3 Å². The van der Waals surface area contributed by atoms with Crippen LogP contribution in [-0.2, 0) is 4.74 Å². The van der Waals surface area contributed by atoms with Crippen LogP contribution in [0.25, 0.3) is 0 Å². The van der Waals surface area contributed by atoms with Crippen molar-refractivity contribution in [3.8, 4) is 0 Å². The minimum Gasteiger partial charge on any atom is -0.383 e. The lowest BCUT2D eigenvalue weighted by atomic mass is 10.4. The maximum Gasteiger partial charge on any atom is 0.191 e. The normalized spacial score (nSPS) is 17.0. The van der Waals surface area contributed by atoms with Crippen LogP contribution in [0, 0.1) is 0 Å². The van der Waals surface area contributed by atoms with Gasteiger partial charge in [0.15, 0.2) is 5.96 Å². The molecule has 0 bridgehead atoms. The molecule has 0 amide bonds. The molecule has 0 radical (unpaired) electrons. The van der Waals surface area contributed by atoms with Crippen LogP contribution < -0.4 is 10.6 Å². The predicted octanol–water partition coefficient (Wildman–Crippen LogP) is 1.29. The number of nitrogens with zero attached hydrogens (tertiary/aromatic N) is 2. The van der Waals surface area contributed by atoms with Crippen molar-refractivity contribution in [2.45, 2.75) is 38.8 Å². The molecule has 0 aromatic heterocycles. The molecular weight excluding hydrogens is 355 g/mol. The second-order valence-corrected chi connectivity index (χ2v) is 4.86. The quantitative estimate of drug-likeness (QED) is 0.376. The summed E-state index contributed by atoms with van der Waals surface area (Å²) >= 11 is 0. The molecule has 19 heavy (non-hydrogen) atoms. The van der Waals surface area contributed by atoms with E-state index in [2.05, 4.69) is 34.4 Å². The number of ether oxygens (including phenoxy) is 1. The Balaban J connectivity index is 0.00000324. The van der Waals surface area contributed by atoms with Gasteiger partial charge in [-0.25, -0.2) is 0 Å². The van der Waals surface area contributed by atoms with Gasteiger partial charge in [0.25, 0.3) is 0 Å². The Hall–Kier alpha value is -0.0800. The molecule has 0 spiro atoms. The van der Waals surface area contributed by atoms with Crippen molar-refractivity contribution in [3.63, 3.8) is 0 Å². The lowest BCUT2D eigenvalue weighted by Crippen LogP contribution is -2.46. The number of hydrogen-bond acceptors (Lipinski definition) is 3. The largest absolute Gasteiger partial charge is 0.383 e. The third-order valence-corrected chi connectivity index (χ3v) is 3.18. The lowest BCUT2D eigenvalue weighted by molar-refractivity contribution is 0.179. The average molecular weight is 384 g/mol. The van der Waals surface area contributed by atoms with Crippen LogP contribution in [0.2, 0.25) is 0 Å². The molecule has 1 aliphatic carbocycles. The minimum absolute atomic E-state index is 0. The lowest BCUT2D eigenvalue weighted by Gasteiger charge is -2.22. The van der Waals surface area contributed by atoms with Gasteiger partial charge in [0.1, 0.15) is 0 Å². The van der Waals surface area contributed by atoms with E-state index in [4.69, 9.17) is 4.74 Å². The van der Waals surface area contributed by atoms with E-state index in [1.54, 1.807) is 14.2 Å². The molecule has 1 rings (SSSR count). The van der Waals surface area contributed by atoms with E-state index in [1.807, 2.05) is 0 Å². The Morgan fingerprint density at radius 2 is 2.16 bits per heavy atom. The third kappa shape index (κ3) is 7.94. The molecular formula is C13H29IN4O. The number of halogens is 1. The standard InChI is InChI=1S/C13H28N4O.HI/c1-5-17(12-6-7-12)9-8-15-13(14-3)16-11(2)10-18-4;/h11-12H,5-10H2,1-4H3,(H2,14,15,16);1H. The molecule has 1 fully saturated rings. The summed E-state index contributed by atoms with van der Waals surface area (Å²) in [6.07, 6.45) is 2.73. The van der Waals surface area contributed by atoms with Crippen molar-refractivity contribution in [2.75, 3.05) is 40.4 Å². The van der Waals surface area contributed by atoms with E-state index in [0.29, 0.717) is 6.61 Å². The highest BCUT2D eigenvalue weighted by molar-refractivity contribution is 14.0. The van der Waals surface area contributed by atoms with E-state index in [-0.39, 0.29) is 30.0 Å². The van der Waals surface area contributed by atoms with Gasteiger partial charge in [0.05, 0.1) is 6.61 Å². The molecule has 1 saturated carbocycles. The monoisotopic (exact) mass is 384 g/mol. The number of rotatable bonds is 8. The topological polar surface area (TPSA) is 48.9 Å². The van der Waals surface area contributed by atoms with Crippen LogP contribution in [0.5, 0.6) is 0 Å². The van der Waals surface area contributed by atoms with Crippen LogP contribution in [0.4, 0.5) is 0 Å². The van der Waals surface area contributed by atoms with Crippen LogP contribution in [0.3, 0.4) is 0 Å². The molecule has 0 saturated heterocycles. The van der Waals surface area contributed by atoms with Gasteiger partial charge in [-0.1, -0.05) is 6.92 Å². The molecule has 0 aliphatic heterocycles. The third-order valence-electron chi connectivity index (χ3n) is 3.18. The van der Waals surface area contributed by atoms with Gasteiger partial charge in [0.2, 0.25) is 0 Å². The van der Waals surface area contributed by atoms with E-state index in [0.717, 1.165) is 31.6 Å². The van der Waals surface area contributed by atoms with Gasteiger partial charge < -0.3 is 15.4 Å². The zero-order chi connectivity index (χ0) is 13.4. The van der Waals surface area contributed by atoms with Gasteiger partial charge >= 0.3 is 0 Å². The number of likely N-dealkylation sites (N-methyl/N-ethyl adjacent to an activating group) is 1. The molecule has 114 valence electrons. The van der Waals surface area contributed by atoms with E-state index >= 15 is 0 Å². The first kappa shape index (κ1) is 18.9. The maximum absolute atomic E-state index is 5.10. The highest BCUT2D eigenvalue weighted by Gasteiger charge is 2.27. The van der Waals surface area contributed by atoms with Crippen molar-refractivity contribution in [2.24, 2.45) is 4.99 Å². The van der Waals surface area contributed by atoms with Crippen LogP contribution in [0.15, 0.2) is 4.99 Å². The fourth-order valence-corrected chi connectivity index (χ4v) is 2.08. The van der Waals surface area contributed by atoms with Crippen LogP contribution in [-0.4, -0.2) is 63.3 Å². The van der Waals surface area contributed by atoms with Crippen molar-refractivity contribution < 1.29 is 4.74 Å². The van der Waals surface area contributed by atoms with Gasteiger partial charge in [-0.3, -0.25) is 9.89 Å². The summed E-state index contributed by atoms with van der Waals surface area (Å²) in [4.78, 5) is 6.74. The summed E-state index contributed by atoms with van der Waals surface area (Å²) in [6.45, 7) is 8.15. The highest BCUT2D eigenvalue weighted by Crippen LogP contribution is 2.25. The Bertz CT molecular complexity index is 259.